The van der Waals surface area contributed by atoms with Gasteiger partial charge in [-0.1, -0.05) is 18.0 Å². The molecule has 32 heavy (non-hydrogen) atoms. The van der Waals surface area contributed by atoms with Crippen LogP contribution in [0.1, 0.15) is 65.8 Å². The van der Waals surface area contributed by atoms with E-state index < -0.39 is 28.1 Å². The molecule has 1 aliphatic rings. The van der Waals surface area contributed by atoms with E-state index in [1.807, 2.05) is 0 Å². The topological polar surface area (TPSA) is 97.9 Å². The van der Waals surface area contributed by atoms with Crippen LogP contribution in [-0.4, -0.2) is 41.9 Å². The lowest BCUT2D eigenvalue weighted by molar-refractivity contribution is -0.464. The van der Waals surface area contributed by atoms with E-state index in [1.165, 1.54) is 6.20 Å². The van der Waals surface area contributed by atoms with Crippen molar-refractivity contribution in [3.63, 3.8) is 0 Å². The summed E-state index contributed by atoms with van der Waals surface area (Å²) in [7, 11) is 1.61. The number of rotatable bonds is 10. The van der Waals surface area contributed by atoms with E-state index in [0.717, 1.165) is 49.6 Å². The second kappa shape index (κ2) is 11.6. The highest BCUT2D eigenvalue weighted by atomic mass is 35.5. The maximum absolute atomic E-state index is 14.0. The number of carbonyl (C=O) groups is 2. The summed E-state index contributed by atoms with van der Waals surface area (Å²) in [6.45, 7) is 0.313. The van der Waals surface area contributed by atoms with Crippen molar-refractivity contribution in [3.8, 4) is 0 Å². The molecule has 0 aliphatic heterocycles. The number of primary amides is 1. The normalized spacial score (nSPS) is 18.6. The number of quaternary nitrogens is 1. The molecule has 1 fully saturated rings. The van der Waals surface area contributed by atoms with Crippen LogP contribution >= 0.6 is 11.6 Å². The average molecular weight is 471 g/mol. The lowest BCUT2D eigenvalue weighted by Gasteiger charge is -2.28. The number of hydrogen-bond acceptors (Lipinski definition) is 5. The van der Waals surface area contributed by atoms with Gasteiger partial charge in [-0.15, -0.1) is 0 Å². The van der Waals surface area contributed by atoms with Crippen LogP contribution in [0.3, 0.4) is 0 Å². The van der Waals surface area contributed by atoms with E-state index in [-0.39, 0.29) is 23.3 Å². The fourth-order valence-corrected chi connectivity index (χ4v) is 4.27. The number of methoxy groups -OCH3 is 1. The molecule has 0 atom stereocenters. The Hall–Kier alpha value is -2.20. The number of nitrogens with one attached hydrogen (secondary N) is 1. The number of hydrogen-bond donors (Lipinski definition) is 2. The van der Waals surface area contributed by atoms with E-state index in [1.54, 1.807) is 7.11 Å². The molecular formula is C22H27ClF2N3O4+. The van der Waals surface area contributed by atoms with Gasteiger partial charge < -0.3 is 9.47 Å². The summed E-state index contributed by atoms with van der Waals surface area (Å²) in [5, 5.41) is 6.88. The number of Topliss-reactive ketones (excluding diaryl/α,β-unsaturated/α-hetero) is 1. The van der Waals surface area contributed by atoms with Crippen LogP contribution < -0.4 is 5.32 Å². The molecule has 2 aromatic rings. The molecule has 1 aliphatic carbocycles. The SMILES string of the molecule is COCOC1CCC(CCCC(=O)c2[nH]ncc2[NH2+]C(=O)c2c(F)ccc(F)c2Cl)CC1. The van der Waals surface area contributed by atoms with Gasteiger partial charge in [0.1, 0.15) is 30.2 Å². The van der Waals surface area contributed by atoms with Crippen molar-refractivity contribution in [2.75, 3.05) is 13.9 Å². The van der Waals surface area contributed by atoms with Gasteiger partial charge in [-0.2, -0.15) is 5.10 Å². The molecule has 1 saturated carbocycles. The molecule has 174 valence electrons. The van der Waals surface area contributed by atoms with Gasteiger partial charge in [0.05, 0.1) is 11.1 Å². The Balaban J connectivity index is 1.51. The molecule has 0 saturated heterocycles. The molecule has 1 aromatic heterocycles. The highest BCUT2D eigenvalue weighted by Crippen LogP contribution is 2.30. The van der Waals surface area contributed by atoms with Crippen LogP contribution in [0.5, 0.6) is 0 Å². The zero-order chi connectivity index (χ0) is 23.1. The molecule has 7 nitrogen and oxygen atoms in total. The average Bonchev–Trinajstić information content (AvgIpc) is 3.24. The fraction of sp³-hybridized carbons (Fsp3) is 0.500. The van der Waals surface area contributed by atoms with Crippen molar-refractivity contribution in [1.82, 2.24) is 10.2 Å². The van der Waals surface area contributed by atoms with Crippen LogP contribution in [0.4, 0.5) is 14.5 Å². The van der Waals surface area contributed by atoms with E-state index in [0.29, 0.717) is 25.6 Å². The third-order valence-corrected chi connectivity index (χ3v) is 6.13. The number of aromatic nitrogens is 2. The molecular weight excluding hydrogens is 444 g/mol. The predicted molar refractivity (Wildman–Crippen MR) is 113 cm³/mol. The van der Waals surface area contributed by atoms with Crippen molar-refractivity contribution < 1.29 is 33.2 Å². The highest BCUT2D eigenvalue weighted by molar-refractivity contribution is 6.33. The molecule has 10 heteroatoms. The summed E-state index contributed by atoms with van der Waals surface area (Å²) in [5.41, 5.74) is -0.185. The number of H-pyrrole nitrogens is 1. The molecule has 0 unspecified atom stereocenters. The van der Waals surface area contributed by atoms with Crippen LogP contribution in [-0.2, 0) is 9.47 Å². The second-order valence-corrected chi connectivity index (χ2v) is 8.34. The first-order valence-electron chi connectivity index (χ1n) is 10.6. The van der Waals surface area contributed by atoms with Gasteiger partial charge in [0.2, 0.25) is 0 Å². The predicted octanol–water partition coefficient (Wildman–Crippen LogP) is 3.91. The summed E-state index contributed by atoms with van der Waals surface area (Å²) < 4.78 is 38.2. The summed E-state index contributed by atoms with van der Waals surface area (Å²) >= 11 is 5.75. The largest absolute Gasteiger partial charge is 0.359 e. The van der Waals surface area contributed by atoms with Gasteiger partial charge in [0, 0.05) is 13.5 Å². The van der Waals surface area contributed by atoms with Crippen LogP contribution in [0.15, 0.2) is 18.3 Å². The van der Waals surface area contributed by atoms with Gasteiger partial charge >= 0.3 is 5.91 Å². The number of amides is 1. The molecule has 1 amide bonds. The first-order valence-corrected chi connectivity index (χ1v) is 11.0. The Kier molecular flexibility index (Phi) is 8.86. The Morgan fingerprint density at radius 3 is 2.66 bits per heavy atom. The van der Waals surface area contributed by atoms with Gasteiger partial charge in [0.15, 0.2) is 17.2 Å². The van der Waals surface area contributed by atoms with Crippen LogP contribution in [0, 0.1) is 17.6 Å². The zero-order valence-corrected chi connectivity index (χ0v) is 18.6. The van der Waals surface area contributed by atoms with E-state index >= 15 is 0 Å². The van der Waals surface area contributed by atoms with Gasteiger partial charge in [-0.25, -0.2) is 18.9 Å². The van der Waals surface area contributed by atoms with E-state index in [9.17, 15) is 18.4 Å². The molecule has 0 spiro atoms. The Bertz CT molecular complexity index is 945. The quantitative estimate of drug-likeness (QED) is 0.311. The third kappa shape index (κ3) is 6.19. The molecule has 3 rings (SSSR count). The Morgan fingerprint density at radius 1 is 1.22 bits per heavy atom. The van der Waals surface area contributed by atoms with Crippen molar-refractivity contribution in [1.29, 1.82) is 0 Å². The number of benzene rings is 1. The van der Waals surface area contributed by atoms with Gasteiger partial charge in [-0.3, -0.25) is 9.89 Å². The molecule has 1 heterocycles. The van der Waals surface area contributed by atoms with Crippen molar-refractivity contribution in [2.45, 2.75) is 51.0 Å². The maximum Gasteiger partial charge on any atom is 0.352 e. The summed E-state index contributed by atoms with van der Waals surface area (Å²) in [6, 6.07) is 1.68. The van der Waals surface area contributed by atoms with Crippen molar-refractivity contribution >= 4 is 29.0 Å². The number of nitrogens with zero attached hydrogens (tertiary/aromatic N) is 1. The first-order chi connectivity index (χ1) is 15.4. The standard InChI is InChI=1S/C22H26ClF2N3O4/c1-31-12-32-14-7-5-13(6-8-14)3-2-4-18(29)21-17(11-26-28-21)27-22(30)19-15(24)9-10-16(25)20(19)23/h9-11,13-14H,2-8,12H2,1H3,(H,26,28)(H,27,30)/p+1. The molecule has 1 aromatic carbocycles. The minimum atomic E-state index is -0.934. The van der Waals surface area contributed by atoms with Crippen LogP contribution in [0.25, 0.3) is 0 Å². The zero-order valence-electron chi connectivity index (χ0n) is 17.8. The Labute approximate surface area is 189 Å². The molecule has 3 N–H and O–H groups in total. The number of ketones is 1. The van der Waals surface area contributed by atoms with Crippen molar-refractivity contribution in [2.24, 2.45) is 5.92 Å². The number of ether oxygens (including phenoxy) is 2. The lowest BCUT2D eigenvalue weighted by atomic mass is 9.84. The molecule has 0 bridgehead atoms. The monoisotopic (exact) mass is 470 g/mol. The summed E-state index contributed by atoms with van der Waals surface area (Å²) in [5.74, 6) is -2.30. The minimum Gasteiger partial charge on any atom is -0.359 e. The van der Waals surface area contributed by atoms with Crippen molar-refractivity contribution in [3.05, 3.63) is 46.2 Å². The minimum absolute atomic E-state index is 0.169. The lowest BCUT2D eigenvalue weighted by Crippen LogP contribution is -2.82. The van der Waals surface area contributed by atoms with Gasteiger partial charge in [-0.05, 0) is 50.2 Å². The third-order valence-electron chi connectivity index (χ3n) is 5.76. The summed E-state index contributed by atoms with van der Waals surface area (Å²) in [6.07, 6.45) is 7.57. The number of carbonyl (C=O) groups excluding carboxylic acids is 2. The van der Waals surface area contributed by atoms with Gasteiger partial charge in [0.25, 0.3) is 0 Å². The number of nitrogens with two attached hydrogens (primary N) is 1. The second-order valence-electron chi connectivity index (χ2n) is 7.96. The summed E-state index contributed by atoms with van der Waals surface area (Å²) in [4.78, 5) is 25.1. The molecule has 0 radical (unpaired) electrons. The van der Waals surface area contributed by atoms with E-state index in [4.69, 9.17) is 21.1 Å². The maximum atomic E-state index is 14.0. The van der Waals surface area contributed by atoms with Crippen LogP contribution in [0.2, 0.25) is 5.02 Å². The highest BCUT2D eigenvalue weighted by Gasteiger charge is 2.27. The van der Waals surface area contributed by atoms with E-state index in [2.05, 4.69) is 10.2 Å². The first kappa shape index (κ1) is 24.4. The number of halogens is 3. The Morgan fingerprint density at radius 2 is 1.94 bits per heavy atom. The smallest absolute Gasteiger partial charge is 0.352 e. The number of aromatic amines is 1. The fourth-order valence-electron chi connectivity index (χ4n) is 4.02.